The number of carboxylic acids is 1. The average molecular weight is 570 g/mol. The molecule has 1 unspecified atom stereocenters. The van der Waals surface area contributed by atoms with Gasteiger partial charge >= 0.3 is 5.97 Å². The quantitative estimate of drug-likeness (QED) is 0.101. The van der Waals surface area contributed by atoms with Gasteiger partial charge in [-0.15, -0.1) is 16.9 Å². The number of β-lactam (4-membered cyclic amide) rings is 1. The van der Waals surface area contributed by atoms with Gasteiger partial charge in [-0.25, -0.2) is 9.48 Å². The number of thioether (sulfide) groups is 2. The van der Waals surface area contributed by atoms with Gasteiger partial charge in [-0.3, -0.25) is 14.5 Å². The van der Waals surface area contributed by atoms with Gasteiger partial charge in [-0.2, -0.15) is 9.36 Å². The van der Waals surface area contributed by atoms with Crippen molar-refractivity contribution in [3.05, 3.63) is 17.1 Å². The van der Waals surface area contributed by atoms with Gasteiger partial charge in [-0.05, 0) is 35.9 Å². The van der Waals surface area contributed by atoms with Crippen LogP contribution in [0.2, 0.25) is 0 Å². The molecule has 0 radical (unpaired) electrons. The minimum absolute atomic E-state index is 0.0346. The lowest BCUT2D eigenvalue weighted by molar-refractivity contribution is -0.150. The molecule has 198 valence electrons. The number of tetrazole rings is 1. The Morgan fingerprint density at radius 2 is 2.22 bits per heavy atom. The second-order valence-electron chi connectivity index (χ2n) is 7.55. The predicted molar refractivity (Wildman–Crippen MR) is 134 cm³/mol. The van der Waals surface area contributed by atoms with E-state index in [2.05, 4.69) is 35.4 Å². The summed E-state index contributed by atoms with van der Waals surface area (Å²) in [5.74, 6) is -1.96. The van der Waals surface area contributed by atoms with Crippen LogP contribution in [0, 0.1) is 0 Å². The van der Waals surface area contributed by atoms with Crippen molar-refractivity contribution >= 4 is 63.7 Å². The van der Waals surface area contributed by atoms with Crippen LogP contribution in [0.5, 0.6) is 0 Å². The lowest BCUT2D eigenvalue weighted by Gasteiger charge is -2.49. The largest absolute Gasteiger partial charge is 0.477 e. The number of nitrogen functional groups attached to an aromatic ring is 1. The number of fused-ring (bicyclic) bond motifs is 1. The smallest absolute Gasteiger partial charge is 0.352 e. The first-order chi connectivity index (χ1) is 17.8. The van der Waals surface area contributed by atoms with E-state index >= 15 is 0 Å². The number of hydrogen-bond donors (Lipinski definition) is 4. The van der Waals surface area contributed by atoms with E-state index in [-0.39, 0.29) is 34.7 Å². The third-order valence-corrected chi connectivity index (χ3v) is 8.06. The Morgan fingerprint density at radius 3 is 2.89 bits per heavy atom. The van der Waals surface area contributed by atoms with E-state index < -0.39 is 29.2 Å². The molecule has 37 heavy (non-hydrogen) atoms. The minimum atomic E-state index is -1.23. The Hall–Kier alpha value is -3.29. The van der Waals surface area contributed by atoms with Gasteiger partial charge in [-0.1, -0.05) is 16.9 Å². The van der Waals surface area contributed by atoms with E-state index in [0.29, 0.717) is 36.0 Å². The number of rotatable bonds is 12. The third kappa shape index (κ3) is 5.68. The second kappa shape index (κ2) is 11.8. The van der Waals surface area contributed by atoms with Crippen LogP contribution in [-0.2, 0) is 25.8 Å². The fourth-order valence-electron chi connectivity index (χ4n) is 3.48. The fourth-order valence-corrected chi connectivity index (χ4v) is 6.30. The predicted octanol–water partition coefficient (Wildman–Crippen LogP) is -1.27. The second-order valence-corrected chi connectivity index (χ2v) is 10.4. The molecule has 1 saturated heterocycles. The number of aromatic nitrogens is 6. The molecule has 0 saturated carbocycles. The van der Waals surface area contributed by atoms with Gasteiger partial charge in [0.15, 0.2) is 5.13 Å². The van der Waals surface area contributed by atoms with Crippen molar-refractivity contribution in [3.63, 3.8) is 0 Å². The van der Waals surface area contributed by atoms with Crippen LogP contribution in [0.4, 0.5) is 5.13 Å². The lowest BCUT2D eigenvalue weighted by Crippen LogP contribution is -2.71. The summed E-state index contributed by atoms with van der Waals surface area (Å²) in [6.45, 7) is 2.90. The first-order valence-corrected chi connectivity index (χ1v) is 13.8. The summed E-state index contributed by atoms with van der Waals surface area (Å²) in [6, 6.07) is -0.965. The Bertz CT molecular complexity index is 1250. The Balaban J connectivity index is 1.47. The first-order valence-electron chi connectivity index (χ1n) is 10.9. The highest BCUT2D eigenvalue weighted by atomic mass is 32.2. The normalized spacial score (nSPS) is 19.5. The van der Waals surface area contributed by atoms with Crippen LogP contribution in [0.3, 0.4) is 0 Å². The van der Waals surface area contributed by atoms with Crippen LogP contribution < -0.4 is 16.8 Å². The van der Waals surface area contributed by atoms with Crippen molar-refractivity contribution in [1.29, 1.82) is 0 Å². The van der Waals surface area contributed by atoms with Gasteiger partial charge in [0.25, 0.3) is 11.8 Å². The molecule has 0 spiro atoms. The van der Waals surface area contributed by atoms with Crippen LogP contribution in [0.25, 0.3) is 0 Å². The van der Waals surface area contributed by atoms with Crippen molar-refractivity contribution < 1.29 is 24.3 Å². The van der Waals surface area contributed by atoms with Crippen molar-refractivity contribution in [2.45, 2.75) is 36.5 Å². The van der Waals surface area contributed by atoms with Crippen molar-refractivity contribution in [2.75, 3.05) is 30.4 Å². The number of oxime groups is 1. The van der Waals surface area contributed by atoms with Crippen LogP contribution in [-0.4, -0.2) is 99.1 Å². The Labute approximate surface area is 222 Å². The maximum atomic E-state index is 13.0. The molecule has 0 bridgehead atoms. The van der Waals surface area contributed by atoms with E-state index in [1.54, 1.807) is 11.6 Å². The van der Waals surface area contributed by atoms with Gasteiger partial charge in [0.2, 0.25) is 16.7 Å². The summed E-state index contributed by atoms with van der Waals surface area (Å²) < 4.78 is 5.58. The molecular formula is C18H23N11O5S3. The maximum absolute atomic E-state index is 13.0. The monoisotopic (exact) mass is 569 g/mol. The van der Waals surface area contributed by atoms with Gasteiger partial charge in [0, 0.05) is 29.6 Å². The molecular weight excluding hydrogens is 546 g/mol. The fraction of sp³-hybridized carbons (Fsp3) is 0.500. The number of aliphatic carboxylic acids is 1. The number of aryl methyl sites for hydroxylation is 1. The molecule has 2 aliphatic rings. The highest BCUT2D eigenvalue weighted by Gasteiger charge is 2.54. The summed E-state index contributed by atoms with van der Waals surface area (Å²) >= 11 is 3.50. The number of carbonyl (C=O) groups excluding carboxylic acids is 2. The molecule has 4 rings (SSSR count). The summed E-state index contributed by atoms with van der Waals surface area (Å²) in [5, 5.41) is 27.9. The molecule has 2 atom stereocenters. The summed E-state index contributed by atoms with van der Waals surface area (Å²) in [7, 11) is 0. The summed E-state index contributed by atoms with van der Waals surface area (Å²) in [5.41, 5.74) is 11.4. The zero-order valence-corrected chi connectivity index (χ0v) is 21.9. The van der Waals surface area contributed by atoms with E-state index in [1.165, 1.54) is 28.4 Å². The molecule has 2 aromatic heterocycles. The number of nitrogens with two attached hydrogens (primary N) is 2. The zero-order valence-electron chi connectivity index (χ0n) is 19.4. The number of carbonyl (C=O) groups is 3. The number of hydrogen-bond acceptors (Lipinski definition) is 15. The number of anilines is 1. The van der Waals surface area contributed by atoms with Crippen LogP contribution in [0.1, 0.15) is 19.2 Å². The number of nitrogens with zero attached hydrogens (tertiary/aromatic N) is 8. The van der Waals surface area contributed by atoms with Crippen molar-refractivity contribution in [1.82, 2.24) is 39.8 Å². The topological polar surface area (TPSA) is 230 Å². The SMILES string of the molecule is CCON=C(C(=O)NC1C(=O)N2C(C(=O)O)=C(CSc3nnnn3CCCN)CS[C@@H]12)c1nsc(N)n1. The molecule has 19 heteroatoms. The molecule has 0 aliphatic carbocycles. The maximum Gasteiger partial charge on any atom is 0.352 e. The average Bonchev–Trinajstić information content (AvgIpc) is 3.52. The van der Waals surface area contributed by atoms with E-state index in [4.69, 9.17) is 16.3 Å². The third-order valence-electron chi connectivity index (χ3n) is 5.14. The van der Waals surface area contributed by atoms with E-state index in [1.807, 2.05) is 0 Å². The van der Waals surface area contributed by atoms with Gasteiger partial charge < -0.3 is 26.7 Å². The zero-order chi connectivity index (χ0) is 26.5. The molecule has 0 aromatic carbocycles. The molecule has 6 N–H and O–H groups in total. The molecule has 2 aromatic rings. The Morgan fingerprint density at radius 1 is 1.41 bits per heavy atom. The van der Waals surface area contributed by atoms with Crippen LogP contribution in [0.15, 0.2) is 21.6 Å². The number of amides is 2. The van der Waals surface area contributed by atoms with Crippen molar-refractivity contribution in [2.24, 2.45) is 10.9 Å². The van der Waals surface area contributed by atoms with Crippen molar-refractivity contribution in [3.8, 4) is 0 Å². The molecule has 1 fully saturated rings. The van der Waals surface area contributed by atoms with Gasteiger partial charge in [0.1, 0.15) is 23.7 Å². The molecule has 2 aliphatic heterocycles. The van der Waals surface area contributed by atoms with Gasteiger partial charge in [0.05, 0.1) is 0 Å². The lowest BCUT2D eigenvalue weighted by atomic mass is 10.0. The summed E-state index contributed by atoms with van der Waals surface area (Å²) in [6.07, 6.45) is 0.692. The minimum Gasteiger partial charge on any atom is -0.477 e. The van der Waals surface area contributed by atoms with E-state index in [0.717, 1.165) is 11.5 Å². The summed E-state index contributed by atoms with van der Waals surface area (Å²) in [4.78, 5) is 48.2. The molecule has 16 nitrogen and oxygen atoms in total. The highest BCUT2D eigenvalue weighted by Crippen LogP contribution is 2.41. The van der Waals surface area contributed by atoms with Crippen LogP contribution >= 0.6 is 35.1 Å². The van der Waals surface area contributed by atoms with E-state index in [9.17, 15) is 19.5 Å². The number of carboxylic acid groups (broad SMARTS) is 1. The number of nitrogens with one attached hydrogen (secondary N) is 1. The standard InChI is InChI=1S/C18H23N11O5S3/c1-2-34-24-9(12-22-17(20)37-25-12)13(30)21-10-14(31)29-11(16(32)33)8(6-35-15(10)29)7-36-18-23-26-27-28(18)5-3-4-19/h10,15H,2-7,19H2,1H3,(H,21,30)(H,32,33)(H2,20,22,25)/t10?,15-/m0/s1. The Kier molecular flexibility index (Phi) is 8.56. The molecule has 2 amide bonds. The first kappa shape index (κ1) is 26.8. The highest BCUT2D eigenvalue weighted by molar-refractivity contribution is 8.01. The molecule has 4 heterocycles.